The van der Waals surface area contributed by atoms with Gasteiger partial charge in [0, 0.05) is 44.8 Å². The lowest BCUT2D eigenvalue weighted by Crippen LogP contribution is -2.44. The first-order valence-corrected chi connectivity index (χ1v) is 6.94. The van der Waals surface area contributed by atoms with E-state index in [-0.39, 0.29) is 0 Å². The molecule has 0 aromatic carbocycles. The molecule has 1 atom stereocenters. The van der Waals surface area contributed by atoms with E-state index in [0.29, 0.717) is 5.92 Å². The average Bonchev–Trinajstić information content (AvgIpc) is 3.11. The summed E-state index contributed by atoms with van der Waals surface area (Å²) in [6, 6.07) is 4.05. The van der Waals surface area contributed by atoms with Crippen LogP contribution in [0.25, 0.3) is 11.4 Å². The zero-order valence-electron chi connectivity index (χ0n) is 11.3. The van der Waals surface area contributed by atoms with Gasteiger partial charge in [-0.15, -0.1) is 0 Å². The quantitative estimate of drug-likeness (QED) is 0.778. The Morgan fingerprint density at radius 1 is 1.32 bits per heavy atom. The molecule has 2 aromatic rings. The molecular weight excluding hydrogens is 238 g/mol. The Morgan fingerprint density at radius 3 is 2.89 bits per heavy atom. The Bertz CT molecular complexity index is 496. The Balaban J connectivity index is 1.65. The molecule has 1 aliphatic rings. The van der Waals surface area contributed by atoms with Gasteiger partial charge in [0.1, 0.15) is 5.82 Å². The zero-order chi connectivity index (χ0) is 13.1. The Labute approximate surface area is 113 Å². The predicted octanol–water partition coefficient (Wildman–Crippen LogP) is 1.41. The SMILES string of the molecule is CC(CN1CCNCC1)c1ncc(-c2ccc[nH]2)[nH]1. The molecule has 0 aliphatic carbocycles. The third-order valence-electron chi connectivity index (χ3n) is 3.69. The third-order valence-corrected chi connectivity index (χ3v) is 3.69. The van der Waals surface area contributed by atoms with Crippen molar-refractivity contribution >= 4 is 0 Å². The molecule has 0 amide bonds. The molecule has 1 unspecified atom stereocenters. The van der Waals surface area contributed by atoms with Gasteiger partial charge in [-0.05, 0) is 12.1 Å². The van der Waals surface area contributed by atoms with Gasteiger partial charge in [-0.2, -0.15) is 0 Å². The number of aromatic nitrogens is 3. The normalized spacial score (nSPS) is 18.6. The van der Waals surface area contributed by atoms with Crippen molar-refractivity contribution in [3.05, 3.63) is 30.4 Å². The minimum Gasteiger partial charge on any atom is -0.360 e. The van der Waals surface area contributed by atoms with Crippen LogP contribution in [0.3, 0.4) is 0 Å². The number of nitrogens with one attached hydrogen (secondary N) is 3. The first-order chi connectivity index (χ1) is 9.33. The Kier molecular flexibility index (Phi) is 3.66. The maximum absolute atomic E-state index is 4.52. The van der Waals surface area contributed by atoms with Crippen molar-refractivity contribution in [3.63, 3.8) is 0 Å². The van der Waals surface area contributed by atoms with Crippen molar-refractivity contribution < 1.29 is 0 Å². The summed E-state index contributed by atoms with van der Waals surface area (Å²) < 4.78 is 0. The highest BCUT2D eigenvalue weighted by molar-refractivity contribution is 5.53. The second-order valence-electron chi connectivity index (χ2n) is 5.22. The second-order valence-corrected chi connectivity index (χ2v) is 5.22. The fourth-order valence-electron chi connectivity index (χ4n) is 2.59. The van der Waals surface area contributed by atoms with Gasteiger partial charge in [0.25, 0.3) is 0 Å². The smallest absolute Gasteiger partial charge is 0.110 e. The Morgan fingerprint density at radius 2 is 2.16 bits per heavy atom. The number of hydrogen-bond donors (Lipinski definition) is 3. The van der Waals surface area contributed by atoms with Crippen molar-refractivity contribution in [1.29, 1.82) is 0 Å². The second kappa shape index (κ2) is 5.59. The summed E-state index contributed by atoms with van der Waals surface area (Å²) >= 11 is 0. The van der Waals surface area contributed by atoms with Gasteiger partial charge in [0.2, 0.25) is 0 Å². The van der Waals surface area contributed by atoms with E-state index in [4.69, 9.17) is 0 Å². The highest BCUT2D eigenvalue weighted by Gasteiger charge is 2.16. The summed E-state index contributed by atoms with van der Waals surface area (Å²) in [7, 11) is 0. The van der Waals surface area contributed by atoms with Crippen LogP contribution in [0, 0.1) is 0 Å². The standard InChI is InChI=1S/C14H21N5/c1-11(10-19-7-5-15-6-8-19)14-17-9-13(18-14)12-3-2-4-16-12/h2-4,9,11,15-16H,5-8,10H2,1H3,(H,17,18). The lowest BCUT2D eigenvalue weighted by atomic mass is 10.1. The molecule has 3 heterocycles. The summed E-state index contributed by atoms with van der Waals surface area (Å²) in [4.78, 5) is 13.6. The topological polar surface area (TPSA) is 59.7 Å². The van der Waals surface area contributed by atoms with Gasteiger partial charge in [-0.1, -0.05) is 6.92 Å². The number of nitrogens with zero attached hydrogens (tertiary/aromatic N) is 2. The van der Waals surface area contributed by atoms with Crippen molar-refractivity contribution in [1.82, 2.24) is 25.2 Å². The van der Waals surface area contributed by atoms with E-state index >= 15 is 0 Å². The molecule has 1 fully saturated rings. The Hall–Kier alpha value is -1.59. The summed E-state index contributed by atoms with van der Waals surface area (Å²) in [5, 5.41) is 3.38. The van der Waals surface area contributed by atoms with Gasteiger partial charge < -0.3 is 20.2 Å². The van der Waals surface area contributed by atoms with E-state index in [1.807, 2.05) is 18.5 Å². The largest absolute Gasteiger partial charge is 0.360 e. The fraction of sp³-hybridized carbons (Fsp3) is 0.500. The molecule has 5 heteroatoms. The molecule has 102 valence electrons. The monoisotopic (exact) mass is 259 g/mol. The van der Waals surface area contributed by atoms with E-state index in [2.05, 4.69) is 38.2 Å². The van der Waals surface area contributed by atoms with E-state index in [1.54, 1.807) is 0 Å². The summed E-state index contributed by atoms with van der Waals surface area (Å²) in [5.74, 6) is 1.50. The number of aromatic amines is 2. The maximum Gasteiger partial charge on any atom is 0.110 e. The number of H-pyrrole nitrogens is 2. The van der Waals surface area contributed by atoms with E-state index in [9.17, 15) is 0 Å². The van der Waals surface area contributed by atoms with Crippen molar-refractivity contribution in [3.8, 4) is 11.4 Å². The number of rotatable bonds is 4. The van der Waals surface area contributed by atoms with E-state index in [1.165, 1.54) is 0 Å². The van der Waals surface area contributed by atoms with E-state index < -0.39 is 0 Å². The van der Waals surface area contributed by atoms with Gasteiger partial charge >= 0.3 is 0 Å². The van der Waals surface area contributed by atoms with Crippen LogP contribution in [0.4, 0.5) is 0 Å². The van der Waals surface area contributed by atoms with Gasteiger partial charge in [-0.3, -0.25) is 0 Å². The summed E-state index contributed by atoms with van der Waals surface area (Å²) in [5.41, 5.74) is 2.15. The van der Waals surface area contributed by atoms with Crippen LogP contribution >= 0.6 is 0 Å². The molecule has 1 saturated heterocycles. The molecular formula is C14H21N5. The molecule has 5 nitrogen and oxygen atoms in total. The molecule has 1 aliphatic heterocycles. The average molecular weight is 259 g/mol. The van der Waals surface area contributed by atoms with E-state index in [0.717, 1.165) is 49.9 Å². The molecule has 3 rings (SSSR count). The lowest BCUT2D eigenvalue weighted by Gasteiger charge is -2.29. The minimum atomic E-state index is 0.432. The van der Waals surface area contributed by atoms with Crippen molar-refractivity contribution in [2.45, 2.75) is 12.8 Å². The highest BCUT2D eigenvalue weighted by atomic mass is 15.2. The van der Waals surface area contributed by atoms with Crippen molar-refractivity contribution in [2.75, 3.05) is 32.7 Å². The molecule has 3 N–H and O–H groups in total. The number of hydrogen-bond acceptors (Lipinski definition) is 3. The maximum atomic E-state index is 4.52. The molecule has 2 aromatic heterocycles. The first kappa shape index (κ1) is 12.4. The molecule has 0 saturated carbocycles. The number of imidazole rings is 1. The van der Waals surface area contributed by atoms with Crippen LogP contribution in [0.5, 0.6) is 0 Å². The minimum absolute atomic E-state index is 0.432. The van der Waals surface area contributed by atoms with Crippen LogP contribution in [0.15, 0.2) is 24.5 Å². The third kappa shape index (κ3) is 2.88. The van der Waals surface area contributed by atoms with Crippen LogP contribution in [0.2, 0.25) is 0 Å². The molecule has 19 heavy (non-hydrogen) atoms. The first-order valence-electron chi connectivity index (χ1n) is 6.94. The summed E-state index contributed by atoms with van der Waals surface area (Å²) in [6.07, 6.45) is 3.84. The zero-order valence-corrected chi connectivity index (χ0v) is 11.3. The van der Waals surface area contributed by atoms with Crippen molar-refractivity contribution in [2.24, 2.45) is 0 Å². The fourth-order valence-corrected chi connectivity index (χ4v) is 2.59. The van der Waals surface area contributed by atoms with Crippen LogP contribution in [0.1, 0.15) is 18.7 Å². The molecule has 0 radical (unpaired) electrons. The van der Waals surface area contributed by atoms with Gasteiger partial charge in [0.05, 0.1) is 17.6 Å². The highest BCUT2D eigenvalue weighted by Crippen LogP contribution is 2.19. The predicted molar refractivity (Wildman–Crippen MR) is 76.1 cm³/mol. The van der Waals surface area contributed by atoms with Gasteiger partial charge in [-0.25, -0.2) is 4.98 Å². The van der Waals surface area contributed by atoms with Gasteiger partial charge in [0.15, 0.2) is 0 Å². The van der Waals surface area contributed by atoms with Crippen LogP contribution in [-0.4, -0.2) is 52.6 Å². The lowest BCUT2D eigenvalue weighted by molar-refractivity contribution is 0.229. The number of piperazine rings is 1. The summed E-state index contributed by atoms with van der Waals surface area (Å²) in [6.45, 7) is 7.76. The molecule has 0 spiro atoms. The molecule has 0 bridgehead atoms. The van der Waals surface area contributed by atoms with Crippen LogP contribution in [-0.2, 0) is 0 Å². The van der Waals surface area contributed by atoms with Crippen LogP contribution < -0.4 is 5.32 Å².